The number of hydrogen-bond acceptors (Lipinski definition) is 1. The van der Waals surface area contributed by atoms with E-state index in [1.807, 2.05) is 0 Å². The molecular weight excluding hydrogens is 350 g/mol. The monoisotopic (exact) mass is 377 g/mol. The number of nitrogens with zero attached hydrogens (tertiary/aromatic N) is 1. The van der Waals surface area contributed by atoms with Crippen LogP contribution >= 0.6 is 0 Å². The zero-order chi connectivity index (χ0) is 20.1. The Kier molecular flexibility index (Phi) is 5.86. The summed E-state index contributed by atoms with van der Waals surface area (Å²) < 4.78 is 0. The molecule has 0 N–H and O–H groups in total. The van der Waals surface area contributed by atoms with Crippen LogP contribution in [0.15, 0.2) is 78.9 Å². The summed E-state index contributed by atoms with van der Waals surface area (Å²) in [6.45, 7) is 4.35. The molecular formula is C28H27N. The van der Waals surface area contributed by atoms with Crippen molar-refractivity contribution in [1.29, 1.82) is 0 Å². The molecule has 0 spiro atoms. The van der Waals surface area contributed by atoms with Gasteiger partial charge in [-0.1, -0.05) is 86.2 Å². The highest BCUT2D eigenvalue weighted by molar-refractivity contribution is 5.81. The molecule has 0 amide bonds. The summed E-state index contributed by atoms with van der Waals surface area (Å²) in [5.74, 6) is 0. The van der Waals surface area contributed by atoms with Crippen LogP contribution in [0.1, 0.15) is 46.9 Å². The lowest BCUT2D eigenvalue weighted by Crippen LogP contribution is -1.95. The lowest BCUT2D eigenvalue weighted by atomic mass is 9.96. The van der Waals surface area contributed by atoms with Crippen LogP contribution in [0, 0.1) is 6.92 Å². The molecule has 0 saturated heterocycles. The summed E-state index contributed by atoms with van der Waals surface area (Å²) in [4.78, 5) is 4.79. The van der Waals surface area contributed by atoms with Crippen molar-refractivity contribution < 1.29 is 0 Å². The molecule has 4 aromatic rings. The fourth-order valence-electron chi connectivity index (χ4n) is 3.79. The number of hydrogen-bond donors (Lipinski definition) is 0. The average Bonchev–Trinajstić information content (AvgIpc) is 2.74. The molecule has 0 atom stereocenters. The van der Waals surface area contributed by atoms with Crippen molar-refractivity contribution in [3.05, 3.63) is 112 Å². The quantitative estimate of drug-likeness (QED) is 0.345. The van der Waals surface area contributed by atoms with Crippen molar-refractivity contribution in [3.8, 4) is 0 Å². The third kappa shape index (κ3) is 4.81. The highest BCUT2D eigenvalue weighted by Gasteiger charge is 2.03. The van der Waals surface area contributed by atoms with E-state index >= 15 is 0 Å². The van der Waals surface area contributed by atoms with E-state index in [1.165, 1.54) is 39.6 Å². The van der Waals surface area contributed by atoms with E-state index in [-0.39, 0.29) is 0 Å². The van der Waals surface area contributed by atoms with Gasteiger partial charge in [0.2, 0.25) is 0 Å². The van der Waals surface area contributed by atoms with E-state index in [9.17, 15) is 0 Å². The van der Waals surface area contributed by atoms with Crippen LogP contribution in [0.3, 0.4) is 0 Å². The maximum absolute atomic E-state index is 4.79. The van der Waals surface area contributed by atoms with Crippen molar-refractivity contribution in [2.24, 2.45) is 0 Å². The third-order valence-corrected chi connectivity index (χ3v) is 5.30. The predicted octanol–water partition coefficient (Wildman–Crippen LogP) is 7.26. The van der Waals surface area contributed by atoms with Gasteiger partial charge < -0.3 is 0 Å². The first-order valence-corrected chi connectivity index (χ1v) is 10.4. The lowest BCUT2D eigenvalue weighted by Gasteiger charge is -2.09. The van der Waals surface area contributed by atoms with Crippen molar-refractivity contribution in [3.63, 3.8) is 0 Å². The molecule has 0 bridgehead atoms. The summed E-state index contributed by atoms with van der Waals surface area (Å²) in [6.07, 6.45) is 7.56. The molecule has 144 valence electrons. The zero-order valence-electron chi connectivity index (χ0n) is 17.2. The molecule has 0 aliphatic rings. The summed E-state index contributed by atoms with van der Waals surface area (Å²) in [7, 11) is 0. The highest BCUT2D eigenvalue weighted by Crippen LogP contribution is 2.19. The molecule has 1 heterocycles. The molecule has 0 aliphatic carbocycles. The molecule has 0 fully saturated rings. The second kappa shape index (κ2) is 8.87. The molecule has 0 radical (unpaired) electrons. The number of aryl methyl sites for hydroxylation is 2. The second-order valence-electron chi connectivity index (χ2n) is 7.71. The van der Waals surface area contributed by atoms with E-state index in [0.29, 0.717) is 0 Å². The molecule has 4 rings (SSSR count). The Balaban J connectivity index is 1.55. The lowest BCUT2D eigenvalue weighted by molar-refractivity contribution is 0.904. The Labute approximate surface area is 173 Å². The van der Waals surface area contributed by atoms with Crippen molar-refractivity contribution in [2.45, 2.75) is 33.1 Å². The van der Waals surface area contributed by atoms with E-state index in [0.717, 1.165) is 24.1 Å². The van der Waals surface area contributed by atoms with Crippen LogP contribution in [-0.4, -0.2) is 4.98 Å². The van der Waals surface area contributed by atoms with Crippen molar-refractivity contribution in [2.75, 3.05) is 0 Å². The highest BCUT2D eigenvalue weighted by atomic mass is 14.7. The smallest absolute Gasteiger partial charge is 0.0711 e. The van der Waals surface area contributed by atoms with E-state index in [1.54, 1.807) is 0 Å². The fourth-order valence-corrected chi connectivity index (χ4v) is 3.79. The number of rotatable bonds is 6. The van der Waals surface area contributed by atoms with Gasteiger partial charge in [-0.15, -0.1) is 0 Å². The SMILES string of the molecule is CCCc1ccccc1Cc1cccc(/C=C/c2ccc3ccc(C)cc3n2)c1. The Hall–Kier alpha value is -3.19. The maximum Gasteiger partial charge on any atom is 0.0711 e. The molecule has 0 unspecified atom stereocenters. The Bertz CT molecular complexity index is 1150. The van der Waals surface area contributed by atoms with Crippen molar-refractivity contribution in [1.82, 2.24) is 4.98 Å². The summed E-state index contributed by atoms with van der Waals surface area (Å²) in [5, 5.41) is 1.18. The number of benzene rings is 3. The van der Waals surface area contributed by atoms with Gasteiger partial charge >= 0.3 is 0 Å². The molecule has 3 aromatic carbocycles. The summed E-state index contributed by atoms with van der Waals surface area (Å²) >= 11 is 0. The minimum Gasteiger partial charge on any atom is -0.248 e. The fraction of sp³-hybridized carbons (Fsp3) is 0.179. The number of pyridine rings is 1. The van der Waals surface area contributed by atoms with Gasteiger partial charge in [0.25, 0.3) is 0 Å². The van der Waals surface area contributed by atoms with Gasteiger partial charge in [0.05, 0.1) is 11.2 Å². The largest absolute Gasteiger partial charge is 0.248 e. The van der Waals surface area contributed by atoms with Gasteiger partial charge in [-0.05, 0) is 65.8 Å². The summed E-state index contributed by atoms with van der Waals surface area (Å²) in [5.41, 5.74) is 8.73. The van der Waals surface area contributed by atoms with Crippen LogP contribution < -0.4 is 0 Å². The normalized spacial score (nSPS) is 11.4. The van der Waals surface area contributed by atoms with E-state index in [2.05, 4.69) is 105 Å². The Morgan fingerprint density at radius 3 is 2.48 bits per heavy atom. The molecule has 1 aromatic heterocycles. The van der Waals surface area contributed by atoms with Gasteiger partial charge in [0.15, 0.2) is 0 Å². The topological polar surface area (TPSA) is 12.9 Å². The molecule has 29 heavy (non-hydrogen) atoms. The van der Waals surface area contributed by atoms with E-state index in [4.69, 9.17) is 4.98 Å². The van der Waals surface area contributed by atoms with Crippen LogP contribution in [0.5, 0.6) is 0 Å². The Morgan fingerprint density at radius 1 is 0.793 bits per heavy atom. The standard InChI is InChI=1S/C28H27N/c1-3-7-24-10-4-5-11-26(24)20-23-9-6-8-22(19-23)13-16-27-17-15-25-14-12-21(2)18-28(25)29-27/h4-6,8-19H,3,7,20H2,1-2H3/b16-13+. The first kappa shape index (κ1) is 19.1. The van der Waals surface area contributed by atoms with Gasteiger partial charge in [-0.3, -0.25) is 0 Å². The third-order valence-electron chi connectivity index (χ3n) is 5.30. The summed E-state index contributed by atoms with van der Waals surface area (Å²) in [6, 6.07) is 28.2. The minimum atomic E-state index is 0.978. The zero-order valence-corrected chi connectivity index (χ0v) is 17.2. The van der Waals surface area contributed by atoms with E-state index < -0.39 is 0 Å². The molecule has 1 heteroatoms. The first-order valence-electron chi connectivity index (χ1n) is 10.4. The van der Waals surface area contributed by atoms with Crippen LogP contribution in [0.25, 0.3) is 23.1 Å². The van der Waals surface area contributed by atoms with Gasteiger partial charge in [-0.2, -0.15) is 0 Å². The first-order chi connectivity index (χ1) is 14.2. The predicted molar refractivity (Wildman–Crippen MR) is 125 cm³/mol. The molecule has 0 aliphatic heterocycles. The van der Waals surface area contributed by atoms with Gasteiger partial charge in [0, 0.05) is 5.39 Å². The molecule has 1 nitrogen and oxygen atoms in total. The molecule has 0 saturated carbocycles. The minimum absolute atomic E-state index is 0.978. The number of aromatic nitrogens is 1. The van der Waals surface area contributed by atoms with Crippen LogP contribution in [-0.2, 0) is 12.8 Å². The number of fused-ring (bicyclic) bond motifs is 1. The van der Waals surface area contributed by atoms with Gasteiger partial charge in [0.1, 0.15) is 0 Å². The maximum atomic E-state index is 4.79. The van der Waals surface area contributed by atoms with Crippen LogP contribution in [0.2, 0.25) is 0 Å². The van der Waals surface area contributed by atoms with Crippen molar-refractivity contribution >= 4 is 23.1 Å². The van der Waals surface area contributed by atoms with Crippen LogP contribution in [0.4, 0.5) is 0 Å². The Morgan fingerprint density at radius 2 is 1.62 bits per heavy atom. The second-order valence-corrected chi connectivity index (χ2v) is 7.71. The van der Waals surface area contributed by atoms with Gasteiger partial charge in [-0.25, -0.2) is 4.98 Å². The average molecular weight is 378 g/mol.